The summed E-state index contributed by atoms with van der Waals surface area (Å²) in [4.78, 5) is 0. The van der Waals surface area contributed by atoms with Crippen LogP contribution >= 0.6 is 0 Å². The van der Waals surface area contributed by atoms with Crippen LogP contribution < -0.4 is 0 Å². The zero-order chi connectivity index (χ0) is 25.2. The molecule has 1 heteroatoms. The van der Waals surface area contributed by atoms with Gasteiger partial charge in [0, 0.05) is 0 Å². The lowest BCUT2D eigenvalue weighted by Crippen LogP contribution is -2.15. The van der Waals surface area contributed by atoms with Crippen molar-refractivity contribution >= 4 is 21.5 Å². The van der Waals surface area contributed by atoms with Crippen molar-refractivity contribution < 1.29 is 4.74 Å². The second kappa shape index (κ2) is 10.0. The van der Waals surface area contributed by atoms with Gasteiger partial charge in [0.05, 0.1) is 0 Å². The average Bonchev–Trinajstić information content (AvgIpc) is 2.95. The summed E-state index contributed by atoms with van der Waals surface area (Å²) >= 11 is 0. The van der Waals surface area contributed by atoms with E-state index >= 15 is 0 Å². The van der Waals surface area contributed by atoms with E-state index in [-0.39, 0.29) is 12.2 Å². The van der Waals surface area contributed by atoms with Crippen molar-refractivity contribution in [3.8, 4) is 0 Å². The molecule has 6 rings (SSSR count). The lowest BCUT2D eigenvalue weighted by atomic mass is 9.90. The Hall–Kier alpha value is -4.20. The molecule has 1 nitrogen and oxygen atoms in total. The van der Waals surface area contributed by atoms with Gasteiger partial charge < -0.3 is 4.74 Å². The molecule has 2 atom stereocenters. The average molecular weight is 479 g/mol. The molecule has 6 aromatic carbocycles. The van der Waals surface area contributed by atoms with Crippen LogP contribution in [0.2, 0.25) is 0 Å². The summed E-state index contributed by atoms with van der Waals surface area (Å²) in [6.45, 7) is 4.36. The molecule has 0 spiro atoms. The highest BCUT2D eigenvalue weighted by atomic mass is 16.5. The highest BCUT2D eigenvalue weighted by Gasteiger charge is 2.27. The van der Waals surface area contributed by atoms with Crippen molar-refractivity contribution in [1.29, 1.82) is 0 Å². The number of benzene rings is 6. The van der Waals surface area contributed by atoms with E-state index in [1.54, 1.807) is 0 Å². The lowest BCUT2D eigenvalue weighted by Gasteiger charge is -2.30. The summed E-state index contributed by atoms with van der Waals surface area (Å²) in [6, 6.07) is 47.5. The molecule has 0 radical (unpaired) electrons. The summed E-state index contributed by atoms with van der Waals surface area (Å²) in [5.41, 5.74) is 7.21. The minimum Gasteiger partial charge on any atom is -0.356 e. The number of rotatable bonds is 6. The molecule has 0 heterocycles. The van der Waals surface area contributed by atoms with Crippen molar-refractivity contribution in [2.45, 2.75) is 26.1 Å². The van der Waals surface area contributed by atoms with Crippen LogP contribution in [0.3, 0.4) is 0 Å². The summed E-state index contributed by atoms with van der Waals surface area (Å²) in [5, 5.41) is 4.89. The third kappa shape index (κ3) is 4.43. The quantitative estimate of drug-likeness (QED) is 0.232. The third-order valence-electron chi connectivity index (χ3n) is 7.43. The van der Waals surface area contributed by atoms with Crippen molar-refractivity contribution in [2.24, 2.45) is 0 Å². The van der Waals surface area contributed by atoms with Crippen molar-refractivity contribution in [2.75, 3.05) is 0 Å². The fraction of sp³-hybridized carbons (Fsp3) is 0.111. The van der Waals surface area contributed by atoms with E-state index in [0.29, 0.717) is 0 Å². The van der Waals surface area contributed by atoms with E-state index in [0.717, 1.165) is 0 Å². The highest BCUT2D eigenvalue weighted by Crippen LogP contribution is 2.41. The van der Waals surface area contributed by atoms with Gasteiger partial charge in [0.2, 0.25) is 0 Å². The summed E-state index contributed by atoms with van der Waals surface area (Å²) in [7, 11) is 0. The van der Waals surface area contributed by atoms with Gasteiger partial charge in [-0.05, 0) is 68.8 Å². The minimum absolute atomic E-state index is 0.240. The van der Waals surface area contributed by atoms with Crippen LogP contribution in [0.15, 0.2) is 133 Å². The van der Waals surface area contributed by atoms with Crippen LogP contribution in [0, 0.1) is 13.8 Å². The SMILES string of the molecule is Cc1ccccc1C(OC(c1ccccc1C)c1cccc2ccccc12)c1cccc2ccccc12. The van der Waals surface area contributed by atoms with Crippen LogP contribution in [0.4, 0.5) is 0 Å². The molecule has 0 fully saturated rings. The molecule has 0 bridgehead atoms. The van der Waals surface area contributed by atoms with Gasteiger partial charge in [-0.1, -0.05) is 133 Å². The molecule has 0 aliphatic carbocycles. The fourth-order valence-electron chi connectivity index (χ4n) is 5.48. The van der Waals surface area contributed by atoms with Gasteiger partial charge >= 0.3 is 0 Å². The first-order valence-electron chi connectivity index (χ1n) is 12.9. The highest BCUT2D eigenvalue weighted by molar-refractivity contribution is 5.87. The number of ether oxygens (including phenoxy) is 1. The summed E-state index contributed by atoms with van der Waals surface area (Å²) in [5.74, 6) is 0. The van der Waals surface area contributed by atoms with Crippen LogP contribution in [-0.2, 0) is 4.74 Å². The van der Waals surface area contributed by atoms with E-state index in [4.69, 9.17) is 4.74 Å². The smallest absolute Gasteiger partial charge is 0.110 e. The Bertz CT molecular complexity index is 1560. The molecule has 0 saturated carbocycles. The molecule has 0 amide bonds. The zero-order valence-corrected chi connectivity index (χ0v) is 21.3. The predicted molar refractivity (Wildman–Crippen MR) is 155 cm³/mol. The molecule has 37 heavy (non-hydrogen) atoms. The van der Waals surface area contributed by atoms with Crippen LogP contribution in [0.1, 0.15) is 45.6 Å². The standard InChI is InChI=1S/C36H30O/c1-25-13-3-7-19-29(25)35(33-23-11-17-27-15-5-9-21-31(27)33)37-36(30-20-8-4-14-26(30)2)34-24-12-18-28-16-6-10-22-32(28)34/h3-24,35-36H,1-2H3. The largest absolute Gasteiger partial charge is 0.356 e. The normalized spacial score (nSPS) is 13.0. The van der Waals surface area contributed by atoms with Gasteiger partial charge in [0.15, 0.2) is 0 Å². The lowest BCUT2D eigenvalue weighted by molar-refractivity contribution is 0.0318. The molecule has 2 unspecified atom stereocenters. The van der Waals surface area contributed by atoms with E-state index in [1.807, 2.05) is 0 Å². The van der Waals surface area contributed by atoms with Crippen LogP contribution in [0.5, 0.6) is 0 Å². The first kappa shape index (κ1) is 23.2. The Morgan fingerprint density at radius 1 is 0.378 bits per heavy atom. The molecular formula is C36H30O. The molecule has 0 saturated heterocycles. The molecule has 0 aliphatic rings. The second-order valence-corrected chi connectivity index (χ2v) is 9.75. The van der Waals surface area contributed by atoms with Gasteiger partial charge in [0.25, 0.3) is 0 Å². The van der Waals surface area contributed by atoms with Crippen LogP contribution in [0.25, 0.3) is 21.5 Å². The monoisotopic (exact) mass is 478 g/mol. The zero-order valence-electron chi connectivity index (χ0n) is 21.3. The minimum atomic E-state index is -0.240. The van der Waals surface area contributed by atoms with Gasteiger partial charge in [-0.25, -0.2) is 0 Å². The molecule has 6 aromatic rings. The van der Waals surface area contributed by atoms with Gasteiger partial charge in [-0.15, -0.1) is 0 Å². The first-order valence-corrected chi connectivity index (χ1v) is 12.9. The fourth-order valence-corrected chi connectivity index (χ4v) is 5.48. The summed E-state index contributed by atoms with van der Waals surface area (Å²) in [6.07, 6.45) is -0.480. The Balaban J connectivity index is 1.60. The molecule has 0 N–H and O–H groups in total. The van der Waals surface area contributed by atoms with Crippen molar-refractivity contribution in [3.05, 3.63) is 167 Å². The number of hydrogen-bond donors (Lipinski definition) is 0. The first-order chi connectivity index (χ1) is 18.2. The second-order valence-electron chi connectivity index (χ2n) is 9.75. The van der Waals surface area contributed by atoms with Gasteiger partial charge in [0.1, 0.15) is 12.2 Å². The van der Waals surface area contributed by atoms with E-state index in [1.165, 1.54) is 54.9 Å². The Morgan fingerprint density at radius 2 is 0.730 bits per heavy atom. The molecular weight excluding hydrogens is 448 g/mol. The maximum Gasteiger partial charge on any atom is 0.110 e. The molecule has 0 aliphatic heterocycles. The molecule has 0 aromatic heterocycles. The topological polar surface area (TPSA) is 9.23 Å². The number of fused-ring (bicyclic) bond motifs is 2. The van der Waals surface area contributed by atoms with E-state index in [9.17, 15) is 0 Å². The van der Waals surface area contributed by atoms with Crippen LogP contribution in [-0.4, -0.2) is 0 Å². The predicted octanol–water partition coefficient (Wildman–Crippen LogP) is 9.51. The molecule has 180 valence electrons. The maximum atomic E-state index is 7.37. The Labute approximate surface area is 219 Å². The van der Waals surface area contributed by atoms with Crippen molar-refractivity contribution in [3.63, 3.8) is 0 Å². The number of aryl methyl sites for hydroxylation is 2. The summed E-state index contributed by atoms with van der Waals surface area (Å²) < 4.78 is 7.37. The Kier molecular flexibility index (Phi) is 6.30. The van der Waals surface area contributed by atoms with E-state index < -0.39 is 0 Å². The third-order valence-corrected chi connectivity index (χ3v) is 7.43. The number of hydrogen-bond acceptors (Lipinski definition) is 1. The van der Waals surface area contributed by atoms with Gasteiger partial charge in [-0.2, -0.15) is 0 Å². The van der Waals surface area contributed by atoms with E-state index in [2.05, 4.69) is 147 Å². The van der Waals surface area contributed by atoms with Crippen molar-refractivity contribution in [1.82, 2.24) is 0 Å². The van der Waals surface area contributed by atoms with Gasteiger partial charge in [-0.3, -0.25) is 0 Å². The maximum absolute atomic E-state index is 7.37. The Morgan fingerprint density at radius 3 is 1.19 bits per heavy atom.